The number of hydrogen-bond acceptors (Lipinski definition) is 5. The van der Waals surface area contributed by atoms with Gasteiger partial charge in [0.1, 0.15) is 9.22 Å². The molecule has 0 aliphatic carbocycles. The van der Waals surface area contributed by atoms with Crippen molar-refractivity contribution in [3.63, 3.8) is 0 Å². The molecule has 8 heteroatoms. The highest BCUT2D eigenvalue weighted by Crippen LogP contribution is 2.26. The van der Waals surface area contributed by atoms with Crippen LogP contribution in [0.1, 0.15) is 12.0 Å². The summed E-state index contributed by atoms with van der Waals surface area (Å²) in [6, 6.07) is 8.08. The van der Waals surface area contributed by atoms with Gasteiger partial charge < -0.3 is 0 Å². The van der Waals surface area contributed by atoms with Crippen LogP contribution < -0.4 is 5.56 Å². The van der Waals surface area contributed by atoms with E-state index in [-0.39, 0.29) is 15.6 Å². The van der Waals surface area contributed by atoms with Crippen molar-refractivity contribution in [2.24, 2.45) is 0 Å². The zero-order chi connectivity index (χ0) is 17.0. The van der Waals surface area contributed by atoms with Gasteiger partial charge in [-0.2, -0.15) is 13.8 Å². The number of nitrogens with zero attached hydrogens (tertiary/aromatic N) is 1. The molecule has 0 atom stereocenters. The van der Waals surface area contributed by atoms with Crippen LogP contribution in [0.5, 0.6) is 0 Å². The first-order valence-electron chi connectivity index (χ1n) is 6.61. The Bertz CT molecular complexity index is 901. The zero-order valence-electron chi connectivity index (χ0n) is 12.1. The number of allylic oxidation sites excluding steroid dienone is 1. The zero-order valence-corrected chi connectivity index (χ0v) is 13.8. The summed E-state index contributed by atoms with van der Waals surface area (Å²) < 4.78 is 48.2. The van der Waals surface area contributed by atoms with Gasteiger partial charge in [0.25, 0.3) is 11.6 Å². The number of halogens is 2. The Morgan fingerprint density at radius 3 is 2.70 bits per heavy atom. The molecule has 0 unspecified atom stereocenters. The molecule has 23 heavy (non-hydrogen) atoms. The third-order valence-electron chi connectivity index (χ3n) is 2.91. The maximum absolute atomic E-state index is 12.2. The van der Waals surface area contributed by atoms with Gasteiger partial charge in [-0.05, 0) is 25.5 Å². The van der Waals surface area contributed by atoms with Gasteiger partial charge in [0.2, 0.25) is 0 Å². The lowest BCUT2D eigenvalue weighted by Gasteiger charge is -2.05. The van der Waals surface area contributed by atoms with Crippen molar-refractivity contribution >= 4 is 21.2 Å². The second kappa shape index (κ2) is 7.10. The SMILES string of the molecule is Cc1cccc(-c2nc(=O)cc(S(=O)(=O)CCC=C(F)F)s2)c1. The summed E-state index contributed by atoms with van der Waals surface area (Å²) in [4.78, 5) is 15.5. The van der Waals surface area contributed by atoms with Crippen molar-refractivity contribution in [3.8, 4) is 10.6 Å². The smallest absolute Gasteiger partial charge is 0.267 e. The Hall–Kier alpha value is -1.93. The van der Waals surface area contributed by atoms with Gasteiger partial charge in [0.05, 0.1) is 5.75 Å². The normalized spacial score (nSPS) is 11.3. The molecule has 0 aliphatic heterocycles. The van der Waals surface area contributed by atoms with Crippen LogP contribution in [0, 0.1) is 6.92 Å². The number of aromatic nitrogens is 1. The average Bonchev–Trinajstić information content (AvgIpc) is 2.46. The van der Waals surface area contributed by atoms with Crippen LogP contribution in [0.25, 0.3) is 10.6 Å². The summed E-state index contributed by atoms with van der Waals surface area (Å²) in [7, 11) is -3.82. The molecule has 0 amide bonds. The largest absolute Gasteiger partial charge is 0.273 e. The van der Waals surface area contributed by atoms with Crippen LogP contribution in [-0.4, -0.2) is 19.2 Å². The Kier molecular flexibility index (Phi) is 5.38. The Labute approximate surface area is 136 Å². The fourth-order valence-electron chi connectivity index (χ4n) is 1.86. The van der Waals surface area contributed by atoms with E-state index in [2.05, 4.69) is 4.98 Å². The highest BCUT2D eigenvalue weighted by molar-refractivity contribution is 7.93. The molecule has 4 nitrogen and oxygen atoms in total. The van der Waals surface area contributed by atoms with Crippen LogP contribution in [0.4, 0.5) is 8.78 Å². The molecule has 2 rings (SSSR count). The summed E-state index contributed by atoms with van der Waals surface area (Å²) in [6.07, 6.45) is -1.69. The molecular formula is C15H13F2NO3S2. The van der Waals surface area contributed by atoms with Crippen molar-refractivity contribution in [2.45, 2.75) is 17.6 Å². The molecular weight excluding hydrogens is 344 g/mol. The first-order chi connectivity index (χ1) is 10.8. The second-order valence-electron chi connectivity index (χ2n) is 4.79. The highest BCUT2D eigenvalue weighted by atomic mass is 32.2. The quantitative estimate of drug-likeness (QED) is 0.822. The third kappa shape index (κ3) is 4.77. The molecule has 0 spiro atoms. The number of aryl methyl sites for hydroxylation is 1. The molecule has 1 aromatic heterocycles. The van der Waals surface area contributed by atoms with E-state index < -0.39 is 27.2 Å². The van der Waals surface area contributed by atoms with Crippen molar-refractivity contribution < 1.29 is 17.2 Å². The lowest BCUT2D eigenvalue weighted by atomic mass is 10.1. The van der Waals surface area contributed by atoms with Gasteiger partial charge in [0, 0.05) is 11.6 Å². The first-order valence-corrected chi connectivity index (χ1v) is 9.08. The van der Waals surface area contributed by atoms with Crippen molar-refractivity contribution in [3.05, 3.63) is 58.4 Å². The van der Waals surface area contributed by atoms with Crippen molar-refractivity contribution in [2.75, 3.05) is 5.75 Å². The average molecular weight is 357 g/mol. The molecule has 0 aliphatic rings. The van der Waals surface area contributed by atoms with Crippen LogP contribution in [0.2, 0.25) is 0 Å². The molecule has 2 aromatic rings. The molecule has 0 saturated heterocycles. The molecule has 0 bridgehead atoms. The second-order valence-corrected chi connectivity index (χ2v) is 8.16. The first kappa shape index (κ1) is 17.4. The minimum atomic E-state index is -3.82. The van der Waals surface area contributed by atoms with E-state index in [1.165, 1.54) is 0 Å². The Morgan fingerprint density at radius 2 is 2.04 bits per heavy atom. The molecule has 122 valence electrons. The summed E-state index contributed by atoms with van der Waals surface area (Å²) in [5.74, 6) is -0.489. The maximum Gasteiger partial charge on any atom is 0.273 e. The maximum atomic E-state index is 12.2. The van der Waals surface area contributed by atoms with E-state index in [1.807, 2.05) is 13.0 Å². The van der Waals surface area contributed by atoms with Crippen LogP contribution in [-0.2, 0) is 9.84 Å². The third-order valence-corrected chi connectivity index (χ3v) is 6.26. The monoisotopic (exact) mass is 357 g/mol. The van der Waals surface area contributed by atoms with E-state index in [9.17, 15) is 22.0 Å². The summed E-state index contributed by atoms with van der Waals surface area (Å²) >= 11 is 0.857. The number of hydrogen-bond donors (Lipinski definition) is 0. The van der Waals surface area contributed by atoms with Crippen LogP contribution in [0.3, 0.4) is 0 Å². The summed E-state index contributed by atoms with van der Waals surface area (Å²) in [6.45, 7) is 1.87. The van der Waals surface area contributed by atoms with E-state index in [4.69, 9.17) is 0 Å². The molecule has 0 N–H and O–H groups in total. The molecule has 0 fully saturated rings. The van der Waals surface area contributed by atoms with Crippen LogP contribution >= 0.6 is 11.3 Å². The number of rotatable bonds is 5. The van der Waals surface area contributed by atoms with Gasteiger partial charge in [0.15, 0.2) is 9.84 Å². The molecule has 0 saturated carbocycles. The summed E-state index contributed by atoms with van der Waals surface area (Å²) in [5, 5.41) is 0.284. The molecule has 1 heterocycles. The van der Waals surface area contributed by atoms with E-state index in [1.54, 1.807) is 18.2 Å². The van der Waals surface area contributed by atoms with Gasteiger partial charge in [-0.3, -0.25) is 4.79 Å². The van der Waals surface area contributed by atoms with Gasteiger partial charge >= 0.3 is 0 Å². The Morgan fingerprint density at radius 1 is 1.30 bits per heavy atom. The minimum absolute atomic E-state index is 0.165. The van der Waals surface area contributed by atoms with E-state index in [0.29, 0.717) is 11.6 Å². The fraction of sp³-hybridized carbons (Fsp3) is 0.200. The van der Waals surface area contributed by atoms with E-state index in [0.717, 1.165) is 23.0 Å². The lowest BCUT2D eigenvalue weighted by Crippen LogP contribution is -2.11. The van der Waals surface area contributed by atoms with Crippen molar-refractivity contribution in [1.82, 2.24) is 4.98 Å². The standard InChI is InChI=1S/C15H13F2NO3S2/c1-10-4-2-5-11(8-10)15-18-13(19)9-14(22-15)23(20,21)7-3-6-12(16)17/h2,4-6,8-9H,3,7H2,1H3. The van der Waals surface area contributed by atoms with Gasteiger partial charge in [-0.15, -0.1) is 11.3 Å². The molecule has 0 radical (unpaired) electrons. The topological polar surface area (TPSA) is 64.1 Å². The fourth-order valence-corrected chi connectivity index (χ4v) is 4.49. The summed E-state index contributed by atoms with van der Waals surface area (Å²) in [5.41, 5.74) is 0.908. The molecule has 1 aromatic carbocycles. The van der Waals surface area contributed by atoms with E-state index >= 15 is 0 Å². The number of benzene rings is 1. The van der Waals surface area contributed by atoms with Gasteiger partial charge in [-0.25, -0.2) is 8.42 Å². The Balaban J connectivity index is 2.41. The number of sulfone groups is 1. The predicted molar refractivity (Wildman–Crippen MR) is 85.5 cm³/mol. The predicted octanol–water partition coefficient (Wildman–Crippen LogP) is 3.42. The van der Waals surface area contributed by atoms with Crippen molar-refractivity contribution in [1.29, 1.82) is 0 Å². The van der Waals surface area contributed by atoms with Gasteiger partial charge in [-0.1, -0.05) is 23.8 Å². The van der Waals surface area contributed by atoms with Crippen LogP contribution in [0.15, 0.2) is 51.5 Å². The lowest BCUT2D eigenvalue weighted by molar-refractivity contribution is 0.418. The highest BCUT2D eigenvalue weighted by Gasteiger charge is 2.18. The minimum Gasteiger partial charge on any atom is -0.267 e.